The molecule has 4 rings (SSSR count). The van der Waals surface area contributed by atoms with Gasteiger partial charge in [0.1, 0.15) is 0 Å². The number of carbonyl (C=O) groups excluding carboxylic acids is 1. The highest BCUT2D eigenvalue weighted by Gasteiger charge is 2.24. The Labute approximate surface area is 164 Å². The van der Waals surface area contributed by atoms with E-state index in [1.54, 1.807) is 10.9 Å². The zero-order valence-electron chi connectivity index (χ0n) is 15.1. The zero-order chi connectivity index (χ0) is 18.6. The first-order valence-corrected chi connectivity index (χ1v) is 9.73. The molecule has 4 nitrogen and oxygen atoms in total. The molecule has 27 heavy (non-hydrogen) atoms. The lowest BCUT2D eigenvalue weighted by atomic mass is 9.94. The summed E-state index contributed by atoms with van der Waals surface area (Å²) in [6.07, 6.45) is 6.88. The molecule has 1 aliphatic heterocycles. The molecule has 0 radical (unpaired) electrons. The molecule has 0 bridgehead atoms. The van der Waals surface area contributed by atoms with Gasteiger partial charge in [0.15, 0.2) is 0 Å². The fourth-order valence-corrected chi connectivity index (χ4v) is 3.85. The van der Waals surface area contributed by atoms with Gasteiger partial charge in [-0.15, -0.1) is 0 Å². The van der Waals surface area contributed by atoms with Gasteiger partial charge in [-0.2, -0.15) is 5.10 Å². The van der Waals surface area contributed by atoms with E-state index in [9.17, 15) is 4.79 Å². The Morgan fingerprint density at radius 3 is 2.70 bits per heavy atom. The SMILES string of the molecule is O=C(c1cccc(-n2cccn2)c1)N1CCCC[C@@H](c2ccc(Cl)cc2)C1. The summed E-state index contributed by atoms with van der Waals surface area (Å²) in [5.74, 6) is 0.438. The summed E-state index contributed by atoms with van der Waals surface area (Å²) in [5.41, 5.74) is 2.86. The van der Waals surface area contributed by atoms with Crippen LogP contribution >= 0.6 is 11.6 Å². The van der Waals surface area contributed by atoms with Gasteiger partial charge in [-0.3, -0.25) is 4.79 Å². The number of hydrogen-bond acceptors (Lipinski definition) is 2. The molecule has 2 aromatic carbocycles. The number of halogens is 1. The second-order valence-corrected chi connectivity index (χ2v) is 7.43. The van der Waals surface area contributed by atoms with Crippen LogP contribution in [-0.4, -0.2) is 33.7 Å². The number of rotatable bonds is 3. The second-order valence-electron chi connectivity index (χ2n) is 7.00. The first-order chi connectivity index (χ1) is 13.2. The van der Waals surface area contributed by atoms with Crippen molar-refractivity contribution in [3.05, 3.63) is 83.1 Å². The quantitative estimate of drug-likeness (QED) is 0.646. The van der Waals surface area contributed by atoms with Gasteiger partial charge in [-0.1, -0.05) is 36.2 Å². The maximum atomic E-state index is 13.2. The van der Waals surface area contributed by atoms with Gasteiger partial charge in [0, 0.05) is 42.0 Å². The van der Waals surface area contributed by atoms with Crippen molar-refractivity contribution < 1.29 is 4.79 Å². The zero-order valence-corrected chi connectivity index (χ0v) is 15.8. The molecular weight excluding hydrogens is 358 g/mol. The van der Waals surface area contributed by atoms with Gasteiger partial charge in [0.2, 0.25) is 0 Å². The second kappa shape index (κ2) is 7.97. The summed E-state index contributed by atoms with van der Waals surface area (Å²) in [4.78, 5) is 15.2. The van der Waals surface area contributed by atoms with Gasteiger partial charge < -0.3 is 4.90 Å². The Morgan fingerprint density at radius 2 is 1.93 bits per heavy atom. The topological polar surface area (TPSA) is 38.1 Å². The molecular formula is C22H22ClN3O. The minimum absolute atomic E-state index is 0.0878. The molecule has 1 atom stereocenters. The summed E-state index contributed by atoms with van der Waals surface area (Å²) in [5, 5.41) is 5.00. The summed E-state index contributed by atoms with van der Waals surface area (Å²) >= 11 is 6.03. The van der Waals surface area contributed by atoms with Gasteiger partial charge in [0.05, 0.1) is 5.69 Å². The molecule has 1 aromatic heterocycles. The molecule has 0 N–H and O–H groups in total. The maximum Gasteiger partial charge on any atom is 0.253 e. The Kier molecular flexibility index (Phi) is 5.26. The monoisotopic (exact) mass is 379 g/mol. The number of aromatic nitrogens is 2. The lowest BCUT2D eigenvalue weighted by molar-refractivity contribution is 0.0754. The number of hydrogen-bond donors (Lipinski definition) is 0. The van der Waals surface area contributed by atoms with E-state index >= 15 is 0 Å². The highest BCUT2D eigenvalue weighted by atomic mass is 35.5. The molecule has 0 aliphatic carbocycles. The predicted octanol–water partition coefficient (Wildman–Crippen LogP) is 4.94. The molecule has 3 aromatic rings. The van der Waals surface area contributed by atoms with Gasteiger partial charge in [-0.25, -0.2) is 4.68 Å². The minimum atomic E-state index is 0.0878. The number of amides is 1. The van der Waals surface area contributed by atoms with E-state index < -0.39 is 0 Å². The largest absolute Gasteiger partial charge is 0.338 e. The summed E-state index contributed by atoms with van der Waals surface area (Å²) in [6.45, 7) is 1.54. The van der Waals surface area contributed by atoms with E-state index in [1.807, 2.05) is 53.6 Å². The number of nitrogens with zero attached hydrogens (tertiary/aromatic N) is 3. The molecule has 1 saturated heterocycles. The third-order valence-electron chi connectivity index (χ3n) is 5.16. The molecule has 5 heteroatoms. The third kappa shape index (κ3) is 4.06. The summed E-state index contributed by atoms with van der Waals surface area (Å²) in [6, 6.07) is 17.6. The van der Waals surface area contributed by atoms with E-state index in [-0.39, 0.29) is 5.91 Å². The van der Waals surface area contributed by atoms with Crippen LogP contribution < -0.4 is 0 Å². The van der Waals surface area contributed by atoms with Gasteiger partial charge >= 0.3 is 0 Å². The van der Waals surface area contributed by atoms with E-state index in [4.69, 9.17) is 11.6 Å². The Morgan fingerprint density at radius 1 is 1.07 bits per heavy atom. The summed E-state index contributed by atoms with van der Waals surface area (Å²) < 4.78 is 1.77. The van der Waals surface area contributed by atoms with Gasteiger partial charge in [0.25, 0.3) is 5.91 Å². The minimum Gasteiger partial charge on any atom is -0.338 e. The van der Waals surface area contributed by atoms with Crippen LogP contribution in [0.4, 0.5) is 0 Å². The Balaban J connectivity index is 1.55. The molecule has 138 valence electrons. The highest BCUT2D eigenvalue weighted by molar-refractivity contribution is 6.30. The lowest BCUT2D eigenvalue weighted by Crippen LogP contribution is -2.34. The van der Waals surface area contributed by atoms with Crippen molar-refractivity contribution in [2.45, 2.75) is 25.2 Å². The first-order valence-electron chi connectivity index (χ1n) is 9.35. The molecule has 0 saturated carbocycles. The van der Waals surface area contributed by atoms with Crippen LogP contribution in [0.5, 0.6) is 0 Å². The molecule has 0 spiro atoms. The average Bonchev–Trinajstić information content (AvgIpc) is 3.13. The van der Waals surface area contributed by atoms with E-state index in [0.717, 1.165) is 43.1 Å². The van der Waals surface area contributed by atoms with Crippen molar-refractivity contribution >= 4 is 17.5 Å². The Bertz CT molecular complexity index is 906. The van der Waals surface area contributed by atoms with Crippen molar-refractivity contribution in [3.63, 3.8) is 0 Å². The normalized spacial score (nSPS) is 17.5. The van der Waals surface area contributed by atoms with Crippen molar-refractivity contribution in [1.29, 1.82) is 0 Å². The average molecular weight is 380 g/mol. The third-order valence-corrected chi connectivity index (χ3v) is 5.41. The van der Waals surface area contributed by atoms with Crippen LogP contribution in [0.25, 0.3) is 5.69 Å². The van der Waals surface area contributed by atoms with Crippen molar-refractivity contribution in [3.8, 4) is 5.69 Å². The number of likely N-dealkylation sites (tertiary alicyclic amines) is 1. The van der Waals surface area contributed by atoms with Crippen LogP contribution in [0.3, 0.4) is 0 Å². The van der Waals surface area contributed by atoms with Crippen LogP contribution in [0.2, 0.25) is 5.02 Å². The number of benzene rings is 2. The molecule has 0 unspecified atom stereocenters. The molecule has 1 fully saturated rings. The first kappa shape index (κ1) is 17.8. The predicted molar refractivity (Wildman–Crippen MR) is 108 cm³/mol. The van der Waals surface area contributed by atoms with Crippen LogP contribution in [0.15, 0.2) is 67.0 Å². The fraction of sp³-hybridized carbons (Fsp3) is 0.273. The standard InChI is InChI=1S/C22H22ClN3O/c23-20-10-8-17(9-11-20)19-5-1-2-13-25(16-19)22(27)18-6-3-7-21(15-18)26-14-4-12-24-26/h3-4,6-12,14-15,19H,1-2,5,13,16H2/t19-/m1/s1. The van der Waals surface area contributed by atoms with Gasteiger partial charge in [-0.05, 0) is 54.8 Å². The highest BCUT2D eigenvalue weighted by Crippen LogP contribution is 2.28. The van der Waals surface area contributed by atoms with Crippen LogP contribution in [0.1, 0.15) is 41.1 Å². The van der Waals surface area contributed by atoms with Crippen molar-refractivity contribution in [2.24, 2.45) is 0 Å². The van der Waals surface area contributed by atoms with E-state index in [1.165, 1.54) is 5.56 Å². The maximum absolute atomic E-state index is 13.2. The summed E-state index contributed by atoms with van der Waals surface area (Å²) in [7, 11) is 0. The molecule has 2 heterocycles. The fourth-order valence-electron chi connectivity index (χ4n) is 3.72. The van der Waals surface area contributed by atoms with E-state index in [0.29, 0.717) is 11.5 Å². The van der Waals surface area contributed by atoms with Crippen LogP contribution in [0, 0.1) is 0 Å². The molecule has 1 aliphatic rings. The van der Waals surface area contributed by atoms with Crippen molar-refractivity contribution in [2.75, 3.05) is 13.1 Å². The lowest BCUT2D eigenvalue weighted by Gasteiger charge is -2.25. The Hall–Kier alpha value is -2.59. The number of carbonyl (C=O) groups is 1. The van der Waals surface area contributed by atoms with Crippen molar-refractivity contribution in [1.82, 2.24) is 14.7 Å². The van der Waals surface area contributed by atoms with E-state index in [2.05, 4.69) is 17.2 Å². The molecule has 1 amide bonds. The van der Waals surface area contributed by atoms with Crippen LogP contribution in [-0.2, 0) is 0 Å². The smallest absolute Gasteiger partial charge is 0.253 e.